The Labute approximate surface area is 129 Å². The summed E-state index contributed by atoms with van der Waals surface area (Å²) in [6.07, 6.45) is 0.885. The lowest BCUT2D eigenvalue weighted by Gasteiger charge is -2.27. The molecule has 0 bridgehead atoms. The molecule has 21 heavy (non-hydrogen) atoms. The second-order valence-electron chi connectivity index (χ2n) is 5.17. The van der Waals surface area contributed by atoms with Crippen molar-refractivity contribution < 1.29 is 9.18 Å². The number of piperazine rings is 1. The Morgan fingerprint density at radius 3 is 2.86 bits per heavy atom. The van der Waals surface area contributed by atoms with Crippen LogP contribution < -0.4 is 10.6 Å². The first-order valence-electron chi connectivity index (χ1n) is 7.29. The van der Waals surface area contributed by atoms with Crippen LogP contribution >= 0.6 is 11.6 Å². The highest BCUT2D eigenvalue weighted by Gasteiger charge is 2.12. The van der Waals surface area contributed by atoms with Gasteiger partial charge in [-0.05, 0) is 25.1 Å². The van der Waals surface area contributed by atoms with E-state index in [1.807, 2.05) is 0 Å². The average molecular weight is 314 g/mol. The quantitative estimate of drug-likeness (QED) is 0.781. The fraction of sp³-hybridized carbons (Fsp3) is 0.533. The molecule has 0 unspecified atom stereocenters. The predicted octanol–water partition coefficient (Wildman–Crippen LogP) is 1.43. The molecule has 6 heteroatoms. The van der Waals surface area contributed by atoms with E-state index in [1.165, 1.54) is 12.1 Å². The number of carbonyl (C=O) groups excluding carboxylic acids is 1. The third kappa shape index (κ3) is 5.26. The van der Waals surface area contributed by atoms with Gasteiger partial charge in [0.1, 0.15) is 5.82 Å². The molecule has 0 aromatic heterocycles. The number of amides is 1. The third-order valence-electron chi connectivity index (χ3n) is 3.58. The van der Waals surface area contributed by atoms with Crippen molar-refractivity contribution in [1.29, 1.82) is 0 Å². The maximum absolute atomic E-state index is 13.6. The van der Waals surface area contributed by atoms with Gasteiger partial charge >= 0.3 is 0 Å². The highest BCUT2D eigenvalue weighted by atomic mass is 35.5. The molecule has 2 N–H and O–H groups in total. The van der Waals surface area contributed by atoms with E-state index in [4.69, 9.17) is 11.6 Å². The molecule has 1 fully saturated rings. The van der Waals surface area contributed by atoms with Gasteiger partial charge in [0.15, 0.2) is 0 Å². The Morgan fingerprint density at radius 1 is 1.38 bits per heavy atom. The molecule has 2 rings (SSSR count). The number of carbonyl (C=O) groups is 1. The number of halogens is 2. The molecule has 1 heterocycles. The highest BCUT2D eigenvalue weighted by molar-refractivity contribution is 6.31. The van der Waals surface area contributed by atoms with Gasteiger partial charge in [-0.25, -0.2) is 4.39 Å². The SMILES string of the molecule is O=C(Cc1c(F)cccc1Cl)NCCCN1CCNCC1. The van der Waals surface area contributed by atoms with E-state index >= 15 is 0 Å². The standard InChI is InChI=1S/C15H21ClFN3O/c16-13-3-1-4-14(17)12(13)11-15(21)19-5-2-8-20-9-6-18-7-10-20/h1,3-4,18H,2,5-11H2,(H,19,21). The van der Waals surface area contributed by atoms with Crippen molar-refractivity contribution in [3.63, 3.8) is 0 Å². The fourth-order valence-electron chi connectivity index (χ4n) is 2.39. The van der Waals surface area contributed by atoms with Crippen LogP contribution in [0.2, 0.25) is 5.02 Å². The van der Waals surface area contributed by atoms with Crippen LogP contribution in [0.1, 0.15) is 12.0 Å². The first-order chi connectivity index (χ1) is 10.2. The second kappa shape index (κ2) is 8.32. The highest BCUT2D eigenvalue weighted by Crippen LogP contribution is 2.19. The molecule has 0 atom stereocenters. The molecule has 1 aliphatic rings. The normalized spacial score (nSPS) is 15.9. The van der Waals surface area contributed by atoms with E-state index < -0.39 is 5.82 Å². The summed E-state index contributed by atoms with van der Waals surface area (Å²) in [4.78, 5) is 14.2. The lowest BCUT2D eigenvalue weighted by molar-refractivity contribution is -0.120. The average Bonchev–Trinajstić information content (AvgIpc) is 2.49. The first kappa shape index (κ1) is 16.2. The van der Waals surface area contributed by atoms with Gasteiger partial charge in [-0.3, -0.25) is 4.79 Å². The minimum atomic E-state index is -0.432. The van der Waals surface area contributed by atoms with Crippen LogP contribution in [-0.4, -0.2) is 50.1 Å². The molecule has 1 amide bonds. The summed E-state index contributed by atoms with van der Waals surface area (Å²) < 4.78 is 13.6. The summed E-state index contributed by atoms with van der Waals surface area (Å²) in [6, 6.07) is 4.45. The van der Waals surface area contributed by atoms with E-state index in [2.05, 4.69) is 15.5 Å². The molecule has 1 aromatic rings. The maximum atomic E-state index is 13.6. The van der Waals surface area contributed by atoms with Crippen molar-refractivity contribution >= 4 is 17.5 Å². The van der Waals surface area contributed by atoms with Crippen LogP contribution in [0.3, 0.4) is 0 Å². The molecule has 1 saturated heterocycles. The summed E-state index contributed by atoms with van der Waals surface area (Å²) in [5.74, 6) is -0.624. The van der Waals surface area contributed by atoms with Crippen LogP contribution in [0.25, 0.3) is 0 Å². The first-order valence-corrected chi connectivity index (χ1v) is 7.67. The Morgan fingerprint density at radius 2 is 2.14 bits per heavy atom. The third-order valence-corrected chi connectivity index (χ3v) is 3.94. The number of benzene rings is 1. The number of hydrogen-bond donors (Lipinski definition) is 2. The summed E-state index contributed by atoms with van der Waals surface area (Å²) >= 11 is 5.90. The van der Waals surface area contributed by atoms with Gasteiger partial charge in [0.05, 0.1) is 6.42 Å². The summed E-state index contributed by atoms with van der Waals surface area (Å²) in [5, 5.41) is 6.42. The molecule has 0 saturated carbocycles. The van der Waals surface area contributed by atoms with Gasteiger partial charge in [0.25, 0.3) is 0 Å². The summed E-state index contributed by atoms with van der Waals surface area (Å²) in [7, 11) is 0. The molecule has 0 radical (unpaired) electrons. The summed E-state index contributed by atoms with van der Waals surface area (Å²) in [5.41, 5.74) is 0.263. The monoisotopic (exact) mass is 313 g/mol. The van der Waals surface area contributed by atoms with E-state index in [9.17, 15) is 9.18 Å². The number of rotatable bonds is 6. The van der Waals surface area contributed by atoms with Crippen molar-refractivity contribution in [2.45, 2.75) is 12.8 Å². The topological polar surface area (TPSA) is 44.4 Å². The Hall–Kier alpha value is -1.17. The van der Waals surface area contributed by atoms with E-state index in [0.717, 1.165) is 39.1 Å². The minimum Gasteiger partial charge on any atom is -0.356 e. The van der Waals surface area contributed by atoms with Crippen molar-refractivity contribution in [3.05, 3.63) is 34.6 Å². The zero-order valence-electron chi connectivity index (χ0n) is 12.0. The van der Waals surface area contributed by atoms with Crippen molar-refractivity contribution in [1.82, 2.24) is 15.5 Å². The van der Waals surface area contributed by atoms with Crippen molar-refractivity contribution in [3.8, 4) is 0 Å². The van der Waals surface area contributed by atoms with Crippen LogP contribution in [0.15, 0.2) is 18.2 Å². The van der Waals surface area contributed by atoms with Crippen LogP contribution in [0, 0.1) is 5.82 Å². The maximum Gasteiger partial charge on any atom is 0.224 e. The molecule has 1 aromatic carbocycles. The zero-order chi connectivity index (χ0) is 15.1. The molecule has 0 spiro atoms. The number of nitrogens with zero attached hydrogens (tertiary/aromatic N) is 1. The molecule has 4 nitrogen and oxygen atoms in total. The predicted molar refractivity (Wildman–Crippen MR) is 82.1 cm³/mol. The molecule has 0 aliphatic carbocycles. The number of nitrogens with one attached hydrogen (secondary N) is 2. The Balaban J connectivity index is 1.67. The Bertz CT molecular complexity index is 458. The van der Waals surface area contributed by atoms with Crippen LogP contribution in [0.5, 0.6) is 0 Å². The van der Waals surface area contributed by atoms with Gasteiger partial charge in [-0.2, -0.15) is 0 Å². The van der Waals surface area contributed by atoms with Gasteiger partial charge in [0.2, 0.25) is 5.91 Å². The minimum absolute atomic E-state index is 0.0147. The lowest BCUT2D eigenvalue weighted by atomic mass is 10.1. The molecular weight excluding hydrogens is 293 g/mol. The largest absolute Gasteiger partial charge is 0.356 e. The van der Waals surface area contributed by atoms with Gasteiger partial charge < -0.3 is 15.5 Å². The summed E-state index contributed by atoms with van der Waals surface area (Å²) in [6.45, 7) is 5.74. The molecular formula is C15H21ClFN3O. The van der Waals surface area contributed by atoms with Gasteiger partial charge in [0, 0.05) is 43.3 Å². The number of hydrogen-bond acceptors (Lipinski definition) is 3. The van der Waals surface area contributed by atoms with Gasteiger partial charge in [-0.15, -0.1) is 0 Å². The van der Waals surface area contributed by atoms with Crippen molar-refractivity contribution in [2.24, 2.45) is 0 Å². The second-order valence-corrected chi connectivity index (χ2v) is 5.58. The molecule has 1 aliphatic heterocycles. The van der Waals surface area contributed by atoms with E-state index in [0.29, 0.717) is 11.6 Å². The van der Waals surface area contributed by atoms with Gasteiger partial charge in [-0.1, -0.05) is 17.7 Å². The van der Waals surface area contributed by atoms with E-state index in [1.54, 1.807) is 6.07 Å². The zero-order valence-corrected chi connectivity index (χ0v) is 12.8. The van der Waals surface area contributed by atoms with Crippen LogP contribution in [-0.2, 0) is 11.2 Å². The smallest absolute Gasteiger partial charge is 0.224 e. The molecule has 116 valence electrons. The fourth-order valence-corrected chi connectivity index (χ4v) is 2.62. The lowest BCUT2D eigenvalue weighted by Crippen LogP contribution is -2.44. The Kier molecular flexibility index (Phi) is 6.42. The van der Waals surface area contributed by atoms with Crippen LogP contribution in [0.4, 0.5) is 4.39 Å². The van der Waals surface area contributed by atoms with E-state index in [-0.39, 0.29) is 17.9 Å². The van der Waals surface area contributed by atoms with Crippen molar-refractivity contribution in [2.75, 3.05) is 39.3 Å².